The van der Waals surface area contributed by atoms with Gasteiger partial charge in [0.2, 0.25) is 0 Å². The molecule has 2 heterocycles. The van der Waals surface area contributed by atoms with E-state index in [1.54, 1.807) is 7.05 Å². The van der Waals surface area contributed by atoms with Crippen LogP contribution in [-0.4, -0.2) is 48.5 Å². The van der Waals surface area contributed by atoms with E-state index in [-0.39, 0.29) is 5.69 Å². The monoisotopic (exact) mass is 279 g/mol. The van der Waals surface area contributed by atoms with Crippen molar-refractivity contribution in [1.82, 2.24) is 9.88 Å². The quantitative estimate of drug-likeness (QED) is 0.631. The first kappa shape index (κ1) is 14.5. The molecule has 7 nitrogen and oxygen atoms in total. The van der Waals surface area contributed by atoms with Crippen LogP contribution in [0.3, 0.4) is 0 Å². The van der Waals surface area contributed by atoms with Crippen molar-refractivity contribution in [2.24, 2.45) is 5.92 Å². The third-order valence-corrected chi connectivity index (χ3v) is 3.69. The summed E-state index contributed by atoms with van der Waals surface area (Å²) in [7, 11) is 3.83. The van der Waals surface area contributed by atoms with Gasteiger partial charge in [0, 0.05) is 13.6 Å². The molecular formula is C13H21N5O2. The van der Waals surface area contributed by atoms with Crippen LogP contribution >= 0.6 is 0 Å². The maximum Gasteiger partial charge on any atom is 0.276 e. The highest BCUT2D eigenvalue weighted by molar-refractivity contribution is 5.54. The maximum atomic E-state index is 10.9. The number of aromatic nitrogens is 1. The predicted octanol–water partition coefficient (Wildman–Crippen LogP) is 1.79. The lowest BCUT2D eigenvalue weighted by Gasteiger charge is -2.29. The van der Waals surface area contributed by atoms with Crippen LogP contribution in [0, 0.1) is 16.0 Å². The van der Waals surface area contributed by atoms with Crippen LogP contribution in [0.15, 0.2) is 12.1 Å². The molecule has 0 unspecified atom stereocenters. The summed E-state index contributed by atoms with van der Waals surface area (Å²) < 4.78 is 0. The summed E-state index contributed by atoms with van der Waals surface area (Å²) >= 11 is 0. The van der Waals surface area contributed by atoms with Crippen LogP contribution < -0.4 is 10.6 Å². The highest BCUT2D eigenvalue weighted by atomic mass is 16.6. The molecule has 0 aliphatic carbocycles. The summed E-state index contributed by atoms with van der Waals surface area (Å²) in [4.78, 5) is 17.1. The van der Waals surface area contributed by atoms with Crippen LogP contribution in [0.4, 0.5) is 17.3 Å². The van der Waals surface area contributed by atoms with Crippen LogP contribution in [0.5, 0.6) is 0 Å². The van der Waals surface area contributed by atoms with Gasteiger partial charge in [-0.2, -0.15) is 0 Å². The fourth-order valence-electron chi connectivity index (χ4n) is 2.36. The van der Waals surface area contributed by atoms with E-state index in [1.165, 1.54) is 12.1 Å². The lowest BCUT2D eigenvalue weighted by atomic mass is 9.97. The number of anilines is 2. The Kier molecular flexibility index (Phi) is 4.73. The molecule has 0 aromatic carbocycles. The lowest BCUT2D eigenvalue weighted by molar-refractivity contribution is -0.384. The molecule has 0 bridgehead atoms. The Bertz CT molecular complexity index is 472. The van der Waals surface area contributed by atoms with Gasteiger partial charge in [0.05, 0.1) is 17.1 Å². The first-order chi connectivity index (χ1) is 9.58. The number of hydrogen-bond donors (Lipinski definition) is 2. The van der Waals surface area contributed by atoms with Crippen molar-refractivity contribution < 1.29 is 4.92 Å². The predicted molar refractivity (Wildman–Crippen MR) is 79.1 cm³/mol. The van der Waals surface area contributed by atoms with Gasteiger partial charge >= 0.3 is 0 Å². The summed E-state index contributed by atoms with van der Waals surface area (Å²) in [5.74, 6) is 1.66. The zero-order chi connectivity index (χ0) is 14.5. The molecule has 2 rings (SSSR count). The van der Waals surface area contributed by atoms with Crippen molar-refractivity contribution in [1.29, 1.82) is 0 Å². The summed E-state index contributed by atoms with van der Waals surface area (Å²) in [6.07, 6.45) is 2.30. The second kappa shape index (κ2) is 6.51. The lowest BCUT2D eigenvalue weighted by Crippen LogP contribution is -2.33. The van der Waals surface area contributed by atoms with Crippen molar-refractivity contribution in [3.8, 4) is 0 Å². The SMILES string of the molecule is CNc1cc([N+](=O)[O-])cc(NCC2CCN(C)CC2)n1. The Morgan fingerprint density at radius 2 is 2.05 bits per heavy atom. The molecule has 110 valence electrons. The van der Waals surface area contributed by atoms with Gasteiger partial charge < -0.3 is 15.5 Å². The number of hydrogen-bond acceptors (Lipinski definition) is 6. The van der Waals surface area contributed by atoms with Crippen molar-refractivity contribution >= 4 is 17.3 Å². The molecular weight excluding hydrogens is 258 g/mol. The number of nitrogens with zero attached hydrogens (tertiary/aromatic N) is 3. The average Bonchev–Trinajstić information content (AvgIpc) is 2.46. The fraction of sp³-hybridized carbons (Fsp3) is 0.615. The van der Waals surface area contributed by atoms with Crippen molar-refractivity contribution in [3.63, 3.8) is 0 Å². The van der Waals surface area contributed by atoms with Gasteiger partial charge in [0.25, 0.3) is 5.69 Å². The van der Waals surface area contributed by atoms with Gasteiger partial charge in [0.15, 0.2) is 0 Å². The van der Waals surface area contributed by atoms with E-state index < -0.39 is 4.92 Å². The molecule has 7 heteroatoms. The van der Waals surface area contributed by atoms with E-state index in [0.717, 1.165) is 32.5 Å². The van der Waals surface area contributed by atoms with Crippen molar-refractivity contribution in [2.45, 2.75) is 12.8 Å². The topological polar surface area (TPSA) is 83.3 Å². The maximum absolute atomic E-state index is 10.9. The van der Waals surface area contributed by atoms with Gasteiger partial charge in [-0.05, 0) is 38.9 Å². The molecule has 1 aliphatic heterocycles. The van der Waals surface area contributed by atoms with Crippen LogP contribution in [-0.2, 0) is 0 Å². The highest BCUT2D eigenvalue weighted by Crippen LogP contribution is 2.22. The molecule has 1 saturated heterocycles. The second-order valence-electron chi connectivity index (χ2n) is 5.23. The Morgan fingerprint density at radius 3 is 2.65 bits per heavy atom. The van der Waals surface area contributed by atoms with Gasteiger partial charge in [-0.1, -0.05) is 0 Å². The Morgan fingerprint density at radius 1 is 1.40 bits per heavy atom. The van der Waals surface area contributed by atoms with Crippen LogP contribution in [0.1, 0.15) is 12.8 Å². The summed E-state index contributed by atoms with van der Waals surface area (Å²) in [5.41, 5.74) is 0.0511. The fourth-order valence-corrected chi connectivity index (χ4v) is 2.36. The number of pyridine rings is 1. The van der Waals surface area contributed by atoms with E-state index >= 15 is 0 Å². The minimum Gasteiger partial charge on any atom is -0.373 e. The van der Waals surface area contributed by atoms with Crippen LogP contribution in [0.2, 0.25) is 0 Å². The summed E-state index contributed by atoms with van der Waals surface area (Å²) in [5, 5.41) is 16.9. The first-order valence-electron chi connectivity index (χ1n) is 6.85. The average molecular weight is 279 g/mol. The molecule has 0 spiro atoms. The molecule has 1 aromatic heterocycles. The van der Waals surface area contributed by atoms with Gasteiger partial charge in [0.1, 0.15) is 11.6 Å². The first-order valence-corrected chi connectivity index (χ1v) is 6.85. The van der Waals surface area contributed by atoms with E-state index in [1.807, 2.05) is 0 Å². The molecule has 20 heavy (non-hydrogen) atoms. The van der Waals surface area contributed by atoms with Crippen molar-refractivity contribution in [2.75, 3.05) is 44.4 Å². The molecule has 1 fully saturated rings. The molecule has 2 N–H and O–H groups in total. The van der Waals surface area contributed by atoms with Crippen molar-refractivity contribution in [3.05, 3.63) is 22.2 Å². The summed E-state index contributed by atoms with van der Waals surface area (Å²) in [6.45, 7) is 3.03. The molecule has 0 saturated carbocycles. The smallest absolute Gasteiger partial charge is 0.276 e. The highest BCUT2D eigenvalue weighted by Gasteiger charge is 2.17. The molecule has 0 amide bonds. The standard InChI is InChI=1S/C13H21N5O2/c1-14-12-7-11(18(19)20)8-13(16-12)15-9-10-3-5-17(2)6-4-10/h7-8,10H,3-6,9H2,1-2H3,(H2,14,15,16). The number of piperidine rings is 1. The second-order valence-corrected chi connectivity index (χ2v) is 5.23. The zero-order valence-electron chi connectivity index (χ0n) is 11.9. The number of nitro groups is 1. The normalized spacial score (nSPS) is 16.9. The molecule has 0 radical (unpaired) electrons. The van der Waals surface area contributed by atoms with Gasteiger partial charge in [-0.3, -0.25) is 10.1 Å². The van der Waals surface area contributed by atoms with E-state index in [0.29, 0.717) is 17.6 Å². The number of likely N-dealkylation sites (tertiary alicyclic amines) is 1. The number of nitrogens with one attached hydrogen (secondary N) is 2. The molecule has 1 aromatic rings. The van der Waals surface area contributed by atoms with E-state index in [2.05, 4.69) is 27.6 Å². The molecule has 0 atom stereocenters. The number of rotatable bonds is 5. The van der Waals surface area contributed by atoms with Gasteiger partial charge in [-0.25, -0.2) is 4.98 Å². The third kappa shape index (κ3) is 3.80. The zero-order valence-corrected chi connectivity index (χ0v) is 11.9. The van der Waals surface area contributed by atoms with E-state index in [4.69, 9.17) is 0 Å². The third-order valence-electron chi connectivity index (χ3n) is 3.69. The minimum absolute atomic E-state index is 0.0511. The van der Waals surface area contributed by atoms with E-state index in [9.17, 15) is 10.1 Å². The Hall–Kier alpha value is -1.89. The van der Waals surface area contributed by atoms with Gasteiger partial charge in [-0.15, -0.1) is 0 Å². The Labute approximate surface area is 118 Å². The molecule has 1 aliphatic rings. The minimum atomic E-state index is -0.400. The summed E-state index contributed by atoms with van der Waals surface area (Å²) in [6, 6.07) is 2.91. The van der Waals surface area contributed by atoms with Crippen LogP contribution in [0.25, 0.3) is 0 Å². The Balaban J connectivity index is 1.98. The largest absolute Gasteiger partial charge is 0.373 e.